The van der Waals surface area contributed by atoms with Crippen LogP contribution >= 0.6 is 0 Å². The van der Waals surface area contributed by atoms with E-state index in [2.05, 4.69) is 26.8 Å². The van der Waals surface area contributed by atoms with Crippen molar-refractivity contribution in [1.29, 1.82) is 0 Å². The molecule has 1 heteroatoms. The van der Waals surface area contributed by atoms with Gasteiger partial charge in [-0.2, -0.15) is 0 Å². The molecule has 0 aromatic rings. The summed E-state index contributed by atoms with van der Waals surface area (Å²) in [7, 11) is 0. The molecular weight excluding hydrogens is 184 g/mol. The second kappa shape index (κ2) is 4.96. The third kappa shape index (κ3) is 3.19. The maximum absolute atomic E-state index is 11.4. The SMILES string of the molecule is CCC(=O)CC[C@@H]1C(C)=CCCC1(C)C. The molecule has 0 N–H and O–H groups in total. The first-order chi connectivity index (χ1) is 6.97. The van der Waals surface area contributed by atoms with E-state index in [-0.39, 0.29) is 0 Å². The largest absolute Gasteiger partial charge is 0.300 e. The van der Waals surface area contributed by atoms with Gasteiger partial charge in [0.15, 0.2) is 0 Å². The molecule has 1 aliphatic rings. The van der Waals surface area contributed by atoms with Crippen molar-refractivity contribution in [3.05, 3.63) is 11.6 Å². The van der Waals surface area contributed by atoms with Crippen LogP contribution in [-0.4, -0.2) is 5.78 Å². The minimum atomic E-state index is 0.382. The molecule has 0 spiro atoms. The minimum Gasteiger partial charge on any atom is -0.300 e. The minimum absolute atomic E-state index is 0.382. The van der Waals surface area contributed by atoms with Gasteiger partial charge in [-0.3, -0.25) is 4.79 Å². The molecule has 1 nitrogen and oxygen atoms in total. The fraction of sp³-hybridized carbons (Fsp3) is 0.786. The van der Waals surface area contributed by atoms with Gasteiger partial charge < -0.3 is 0 Å². The molecule has 1 rings (SSSR count). The van der Waals surface area contributed by atoms with Crippen molar-refractivity contribution >= 4 is 5.78 Å². The van der Waals surface area contributed by atoms with Crippen LogP contribution in [0.25, 0.3) is 0 Å². The van der Waals surface area contributed by atoms with Gasteiger partial charge >= 0.3 is 0 Å². The van der Waals surface area contributed by atoms with Gasteiger partial charge in [-0.1, -0.05) is 32.4 Å². The lowest BCUT2D eigenvalue weighted by Crippen LogP contribution is -2.28. The number of rotatable bonds is 4. The molecule has 0 aliphatic heterocycles. The second-order valence-corrected chi connectivity index (χ2v) is 5.46. The van der Waals surface area contributed by atoms with Gasteiger partial charge in [0.05, 0.1) is 0 Å². The average Bonchev–Trinajstić information content (AvgIpc) is 2.15. The Morgan fingerprint density at radius 1 is 1.53 bits per heavy atom. The van der Waals surface area contributed by atoms with Crippen LogP contribution in [0.5, 0.6) is 0 Å². The molecule has 0 radical (unpaired) electrons. The number of ketones is 1. The quantitative estimate of drug-likeness (QED) is 0.635. The third-order valence-corrected chi connectivity index (χ3v) is 3.85. The molecular formula is C14H24O. The van der Waals surface area contributed by atoms with E-state index in [9.17, 15) is 4.79 Å². The van der Waals surface area contributed by atoms with Crippen molar-refractivity contribution in [3.8, 4) is 0 Å². The van der Waals surface area contributed by atoms with Gasteiger partial charge in [0.1, 0.15) is 5.78 Å². The Kier molecular flexibility index (Phi) is 4.12. The molecule has 0 aromatic carbocycles. The van der Waals surface area contributed by atoms with Gasteiger partial charge in [-0.05, 0) is 37.5 Å². The van der Waals surface area contributed by atoms with Crippen LogP contribution in [0.2, 0.25) is 0 Å². The number of Topliss-reactive ketones (excluding diaryl/α,β-unsaturated/α-hetero) is 1. The highest BCUT2D eigenvalue weighted by Crippen LogP contribution is 2.43. The average molecular weight is 208 g/mol. The monoisotopic (exact) mass is 208 g/mol. The van der Waals surface area contributed by atoms with E-state index in [1.165, 1.54) is 18.4 Å². The van der Waals surface area contributed by atoms with E-state index in [0.29, 0.717) is 23.5 Å². The normalized spacial score (nSPS) is 24.8. The van der Waals surface area contributed by atoms with Crippen LogP contribution < -0.4 is 0 Å². The van der Waals surface area contributed by atoms with Crippen LogP contribution in [0.3, 0.4) is 0 Å². The molecule has 86 valence electrons. The zero-order valence-electron chi connectivity index (χ0n) is 10.6. The summed E-state index contributed by atoms with van der Waals surface area (Å²) in [6, 6.07) is 0. The van der Waals surface area contributed by atoms with E-state index in [4.69, 9.17) is 0 Å². The van der Waals surface area contributed by atoms with Gasteiger partial charge in [-0.25, -0.2) is 0 Å². The molecule has 0 fully saturated rings. The van der Waals surface area contributed by atoms with E-state index in [1.54, 1.807) is 0 Å². The van der Waals surface area contributed by atoms with Crippen molar-refractivity contribution in [2.75, 3.05) is 0 Å². The lowest BCUT2D eigenvalue weighted by Gasteiger charge is -2.38. The summed E-state index contributed by atoms with van der Waals surface area (Å²) in [4.78, 5) is 11.4. The summed E-state index contributed by atoms with van der Waals surface area (Å²) in [5.74, 6) is 1.02. The first-order valence-electron chi connectivity index (χ1n) is 6.15. The van der Waals surface area contributed by atoms with E-state index >= 15 is 0 Å². The van der Waals surface area contributed by atoms with Crippen molar-refractivity contribution in [2.45, 2.75) is 59.8 Å². The Bertz CT molecular complexity index is 261. The van der Waals surface area contributed by atoms with Gasteiger partial charge in [0.2, 0.25) is 0 Å². The summed E-state index contributed by atoms with van der Waals surface area (Å²) in [5, 5.41) is 0. The highest BCUT2D eigenvalue weighted by molar-refractivity contribution is 5.77. The van der Waals surface area contributed by atoms with Gasteiger partial charge in [-0.15, -0.1) is 0 Å². The highest BCUT2D eigenvalue weighted by atomic mass is 16.1. The molecule has 0 amide bonds. The lowest BCUT2D eigenvalue weighted by molar-refractivity contribution is -0.119. The molecule has 1 atom stereocenters. The molecule has 15 heavy (non-hydrogen) atoms. The molecule has 0 saturated carbocycles. The summed E-state index contributed by atoms with van der Waals surface area (Å²) in [5.41, 5.74) is 1.88. The van der Waals surface area contributed by atoms with Crippen molar-refractivity contribution in [2.24, 2.45) is 11.3 Å². The van der Waals surface area contributed by atoms with Crippen LogP contribution in [-0.2, 0) is 4.79 Å². The predicted octanol–water partition coefficient (Wildman–Crippen LogP) is 4.13. The summed E-state index contributed by atoms with van der Waals surface area (Å²) < 4.78 is 0. The number of carbonyl (C=O) groups excluding carboxylic acids is 1. The van der Waals surface area contributed by atoms with Crippen molar-refractivity contribution in [3.63, 3.8) is 0 Å². The van der Waals surface area contributed by atoms with Crippen LogP contribution in [0.4, 0.5) is 0 Å². The fourth-order valence-corrected chi connectivity index (χ4v) is 2.71. The number of hydrogen-bond donors (Lipinski definition) is 0. The van der Waals surface area contributed by atoms with Crippen molar-refractivity contribution in [1.82, 2.24) is 0 Å². The summed E-state index contributed by atoms with van der Waals surface area (Å²) in [6.45, 7) is 8.86. The Morgan fingerprint density at radius 2 is 2.20 bits per heavy atom. The number of carbonyl (C=O) groups is 1. The third-order valence-electron chi connectivity index (χ3n) is 3.85. The molecule has 0 bridgehead atoms. The first-order valence-corrected chi connectivity index (χ1v) is 6.15. The Labute approximate surface area is 93.9 Å². The molecule has 0 saturated heterocycles. The predicted molar refractivity (Wildman–Crippen MR) is 64.8 cm³/mol. The highest BCUT2D eigenvalue weighted by Gasteiger charge is 2.32. The zero-order valence-corrected chi connectivity index (χ0v) is 10.6. The Morgan fingerprint density at radius 3 is 2.73 bits per heavy atom. The lowest BCUT2D eigenvalue weighted by atomic mass is 9.67. The molecule has 0 unspecified atom stereocenters. The molecule has 1 aliphatic carbocycles. The standard InChI is InChI=1S/C14H24O/c1-5-12(15)8-9-13-11(2)7-6-10-14(13,3)4/h7,13H,5-6,8-10H2,1-4H3/t13-/m1/s1. The van der Waals surface area contributed by atoms with Gasteiger partial charge in [0, 0.05) is 12.8 Å². The molecule has 0 heterocycles. The maximum Gasteiger partial charge on any atom is 0.132 e. The van der Waals surface area contributed by atoms with E-state index in [0.717, 1.165) is 12.8 Å². The topological polar surface area (TPSA) is 17.1 Å². The summed E-state index contributed by atoms with van der Waals surface area (Å²) >= 11 is 0. The number of allylic oxidation sites excluding steroid dienone is 2. The van der Waals surface area contributed by atoms with Crippen LogP contribution in [0.15, 0.2) is 11.6 Å². The molecule has 0 aromatic heterocycles. The maximum atomic E-state index is 11.4. The Hall–Kier alpha value is -0.590. The van der Waals surface area contributed by atoms with Gasteiger partial charge in [0.25, 0.3) is 0 Å². The fourth-order valence-electron chi connectivity index (χ4n) is 2.71. The zero-order chi connectivity index (χ0) is 11.5. The summed E-state index contributed by atoms with van der Waals surface area (Å²) in [6.07, 6.45) is 7.31. The smallest absolute Gasteiger partial charge is 0.132 e. The Balaban J connectivity index is 2.60. The van der Waals surface area contributed by atoms with Crippen molar-refractivity contribution < 1.29 is 4.79 Å². The first kappa shape index (κ1) is 12.5. The van der Waals surface area contributed by atoms with Crippen LogP contribution in [0.1, 0.15) is 59.8 Å². The van der Waals surface area contributed by atoms with Crippen LogP contribution in [0, 0.1) is 11.3 Å². The number of hydrogen-bond acceptors (Lipinski definition) is 1. The second-order valence-electron chi connectivity index (χ2n) is 5.46. The van der Waals surface area contributed by atoms with E-state index < -0.39 is 0 Å². The van der Waals surface area contributed by atoms with E-state index in [1.807, 2.05) is 6.92 Å².